The molecule has 0 saturated heterocycles. The zero-order valence-corrected chi connectivity index (χ0v) is 15.5. The molecule has 3 N–H and O–H groups in total. The van der Waals surface area contributed by atoms with Gasteiger partial charge in [-0.2, -0.15) is 0 Å². The first-order valence-corrected chi connectivity index (χ1v) is 9.03. The average molecular weight is 360 g/mol. The summed E-state index contributed by atoms with van der Waals surface area (Å²) in [7, 11) is 0. The minimum atomic E-state index is 0.00784. The van der Waals surface area contributed by atoms with Gasteiger partial charge in [0.2, 0.25) is 0 Å². The summed E-state index contributed by atoms with van der Waals surface area (Å²) in [6, 6.07) is 19.9. The van der Waals surface area contributed by atoms with Gasteiger partial charge >= 0.3 is 0 Å². The molecule has 0 aliphatic carbocycles. The van der Waals surface area contributed by atoms with Crippen molar-refractivity contribution >= 4 is 6.08 Å². The van der Waals surface area contributed by atoms with Crippen molar-refractivity contribution in [3.05, 3.63) is 95.1 Å². The molecule has 3 heteroatoms. The smallest absolute Gasteiger partial charge is 0.119 e. The lowest BCUT2D eigenvalue weighted by Crippen LogP contribution is -1.97. The summed E-state index contributed by atoms with van der Waals surface area (Å²) < 4.78 is 0. The normalized spacial score (nSPS) is 13.6. The summed E-state index contributed by atoms with van der Waals surface area (Å²) in [5.41, 5.74) is 4.02. The summed E-state index contributed by atoms with van der Waals surface area (Å²) >= 11 is 0. The summed E-state index contributed by atoms with van der Waals surface area (Å²) in [6.45, 7) is 4.14. The molecule has 0 heterocycles. The van der Waals surface area contributed by atoms with Crippen LogP contribution in [0.3, 0.4) is 0 Å². The fourth-order valence-electron chi connectivity index (χ4n) is 3.11. The fourth-order valence-corrected chi connectivity index (χ4v) is 3.11. The van der Waals surface area contributed by atoms with Crippen LogP contribution in [0.4, 0.5) is 0 Å². The van der Waals surface area contributed by atoms with E-state index in [9.17, 15) is 15.3 Å². The molecule has 0 aromatic heterocycles. The third-order valence-corrected chi connectivity index (χ3v) is 4.91. The molecule has 0 radical (unpaired) electrons. The molecular weight excluding hydrogens is 336 g/mol. The minimum absolute atomic E-state index is 0.00784. The molecule has 3 aromatic rings. The van der Waals surface area contributed by atoms with Crippen molar-refractivity contribution in [3.8, 4) is 17.2 Å². The van der Waals surface area contributed by atoms with Gasteiger partial charge in [-0.25, -0.2) is 0 Å². The Bertz CT molecular complexity index is 925. The lowest BCUT2D eigenvalue weighted by Gasteiger charge is -2.15. The van der Waals surface area contributed by atoms with Gasteiger partial charge in [0.05, 0.1) is 0 Å². The van der Waals surface area contributed by atoms with Gasteiger partial charge in [-0.1, -0.05) is 56.3 Å². The first kappa shape index (κ1) is 18.6. The molecule has 0 fully saturated rings. The van der Waals surface area contributed by atoms with Crippen LogP contribution >= 0.6 is 0 Å². The molecule has 0 spiro atoms. The molecule has 3 rings (SSSR count). The van der Waals surface area contributed by atoms with E-state index >= 15 is 0 Å². The van der Waals surface area contributed by atoms with E-state index in [4.69, 9.17) is 0 Å². The largest absolute Gasteiger partial charge is 0.508 e. The van der Waals surface area contributed by atoms with E-state index in [2.05, 4.69) is 13.0 Å². The summed E-state index contributed by atoms with van der Waals surface area (Å²) in [6.07, 6.45) is 4.15. The van der Waals surface area contributed by atoms with E-state index < -0.39 is 0 Å². The average Bonchev–Trinajstić information content (AvgIpc) is 2.67. The zero-order valence-electron chi connectivity index (χ0n) is 15.5. The van der Waals surface area contributed by atoms with Gasteiger partial charge in [-0.05, 0) is 59.0 Å². The number of allylic oxidation sites excluding steroid dienone is 1. The molecular formula is C24H24O3. The molecule has 27 heavy (non-hydrogen) atoms. The number of phenolic OH excluding ortho intramolecular Hbond substituents is 3. The van der Waals surface area contributed by atoms with E-state index in [1.54, 1.807) is 30.3 Å². The molecule has 0 amide bonds. The Morgan fingerprint density at radius 2 is 1.26 bits per heavy atom. The first-order valence-electron chi connectivity index (χ1n) is 9.03. The van der Waals surface area contributed by atoms with Crippen LogP contribution in [0.25, 0.3) is 6.08 Å². The molecule has 0 aliphatic heterocycles. The van der Waals surface area contributed by atoms with Gasteiger partial charge in [0, 0.05) is 11.5 Å². The molecule has 0 aliphatic rings. The maximum Gasteiger partial charge on any atom is 0.119 e. The molecule has 3 aromatic carbocycles. The highest BCUT2D eigenvalue weighted by Crippen LogP contribution is 2.33. The van der Waals surface area contributed by atoms with Gasteiger partial charge in [0.1, 0.15) is 17.2 Å². The van der Waals surface area contributed by atoms with Crippen LogP contribution in [0.1, 0.15) is 47.9 Å². The van der Waals surface area contributed by atoms with Crippen molar-refractivity contribution in [2.24, 2.45) is 0 Å². The Balaban J connectivity index is 1.82. The van der Waals surface area contributed by atoms with E-state index in [-0.39, 0.29) is 29.1 Å². The van der Waals surface area contributed by atoms with Crippen LogP contribution in [0.5, 0.6) is 17.2 Å². The predicted molar refractivity (Wildman–Crippen MR) is 109 cm³/mol. The fraction of sp³-hybridized carbons (Fsp3) is 0.167. The van der Waals surface area contributed by atoms with Crippen LogP contribution in [-0.4, -0.2) is 15.3 Å². The Labute approximate surface area is 159 Å². The van der Waals surface area contributed by atoms with Crippen LogP contribution in [-0.2, 0) is 0 Å². The van der Waals surface area contributed by atoms with E-state index in [0.29, 0.717) is 0 Å². The van der Waals surface area contributed by atoms with Crippen LogP contribution in [0, 0.1) is 0 Å². The van der Waals surface area contributed by atoms with Crippen LogP contribution in [0.2, 0.25) is 0 Å². The topological polar surface area (TPSA) is 60.7 Å². The molecule has 0 bridgehead atoms. The quantitative estimate of drug-likeness (QED) is 0.541. The molecule has 2 unspecified atom stereocenters. The van der Waals surface area contributed by atoms with Crippen molar-refractivity contribution in [3.63, 3.8) is 0 Å². The second-order valence-corrected chi connectivity index (χ2v) is 6.87. The van der Waals surface area contributed by atoms with Gasteiger partial charge in [-0.3, -0.25) is 0 Å². The van der Waals surface area contributed by atoms with E-state index in [1.165, 1.54) is 0 Å². The number of rotatable bonds is 5. The number of hydrogen-bond acceptors (Lipinski definition) is 3. The van der Waals surface area contributed by atoms with Crippen molar-refractivity contribution < 1.29 is 15.3 Å². The van der Waals surface area contributed by atoms with Crippen LogP contribution < -0.4 is 0 Å². The van der Waals surface area contributed by atoms with Crippen molar-refractivity contribution in [2.75, 3.05) is 0 Å². The predicted octanol–water partition coefficient (Wildman–Crippen LogP) is 5.77. The molecule has 3 nitrogen and oxygen atoms in total. The molecule has 2 atom stereocenters. The van der Waals surface area contributed by atoms with E-state index in [0.717, 1.165) is 22.3 Å². The maximum absolute atomic E-state index is 10.3. The number of aromatic hydroxyl groups is 3. The standard InChI is InChI=1S/C24H24O3/c1-16(19-6-10-21(25)11-7-19)3-4-18-5-14-24(27)23(15-18)17(2)20-8-12-22(26)13-9-20/h3-17,25-27H,1-2H3/b4-3+. The van der Waals surface area contributed by atoms with Crippen LogP contribution in [0.15, 0.2) is 72.8 Å². The molecule has 0 saturated carbocycles. The Hall–Kier alpha value is -3.20. The van der Waals surface area contributed by atoms with Crippen molar-refractivity contribution in [1.82, 2.24) is 0 Å². The third kappa shape index (κ3) is 4.50. The van der Waals surface area contributed by atoms with Gasteiger partial charge in [-0.15, -0.1) is 0 Å². The highest BCUT2D eigenvalue weighted by Gasteiger charge is 2.13. The van der Waals surface area contributed by atoms with E-state index in [1.807, 2.05) is 49.4 Å². The first-order chi connectivity index (χ1) is 12.9. The summed E-state index contributed by atoms with van der Waals surface area (Å²) in [4.78, 5) is 0. The number of hydrogen-bond donors (Lipinski definition) is 3. The highest BCUT2D eigenvalue weighted by atomic mass is 16.3. The third-order valence-electron chi connectivity index (χ3n) is 4.91. The maximum atomic E-state index is 10.3. The van der Waals surface area contributed by atoms with Crippen molar-refractivity contribution in [1.29, 1.82) is 0 Å². The lowest BCUT2D eigenvalue weighted by atomic mass is 9.91. The van der Waals surface area contributed by atoms with Crippen molar-refractivity contribution in [2.45, 2.75) is 25.7 Å². The lowest BCUT2D eigenvalue weighted by molar-refractivity contribution is 0.466. The number of phenols is 3. The highest BCUT2D eigenvalue weighted by molar-refractivity contribution is 5.56. The van der Waals surface area contributed by atoms with Gasteiger partial charge < -0.3 is 15.3 Å². The monoisotopic (exact) mass is 360 g/mol. The zero-order chi connectivity index (χ0) is 19.4. The molecule has 138 valence electrons. The summed E-state index contributed by atoms with van der Waals surface area (Å²) in [5.74, 6) is 0.974. The summed E-state index contributed by atoms with van der Waals surface area (Å²) in [5, 5.41) is 29.2. The second kappa shape index (κ2) is 8.00. The Morgan fingerprint density at radius 3 is 1.85 bits per heavy atom. The Morgan fingerprint density at radius 1 is 0.704 bits per heavy atom. The second-order valence-electron chi connectivity index (χ2n) is 6.87. The Kier molecular flexibility index (Phi) is 5.51. The minimum Gasteiger partial charge on any atom is -0.508 e. The van der Waals surface area contributed by atoms with Gasteiger partial charge in [0.25, 0.3) is 0 Å². The number of benzene rings is 3. The van der Waals surface area contributed by atoms with Gasteiger partial charge in [0.15, 0.2) is 0 Å². The SMILES string of the molecule is CC(/C=C/c1ccc(O)c(C(C)c2ccc(O)cc2)c1)c1ccc(O)cc1.